The smallest absolute Gasteiger partial charge is 0.330 e. The van der Waals surface area contributed by atoms with Crippen molar-refractivity contribution in [3.05, 3.63) is 47.9 Å². The molecule has 0 saturated carbocycles. The number of carbonyl (C=O) groups is 3. The molecule has 1 aliphatic rings. The van der Waals surface area contributed by atoms with Crippen LogP contribution in [0.1, 0.15) is 23.6 Å². The summed E-state index contributed by atoms with van der Waals surface area (Å²) in [7, 11) is 1.50. The Morgan fingerprint density at radius 3 is 2.76 bits per heavy atom. The van der Waals surface area contributed by atoms with Crippen LogP contribution in [0, 0.1) is 6.92 Å². The molecule has 8 nitrogen and oxygen atoms in total. The highest BCUT2D eigenvalue weighted by Crippen LogP contribution is 2.41. The number of thioether (sulfide) groups is 1. The summed E-state index contributed by atoms with van der Waals surface area (Å²) in [5, 5.41) is 2.27. The number of rotatable bonds is 6. The van der Waals surface area contributed by atoms with Crippen LogP contribution in [0.25, 0.3) is 0 Å². The number of esters is 1. The monoisotopic (exact) mass is 418 g/mol. The number of anilines is 1. The Morgan fingerprint density at radius 1 is 1.31 bits per heavy atom. The molecule has 2 atom stereocenters. The lowest BCUT2D eigenvalue weighted by atomic mass is 10.2. The molecule has 0 spiro atoms. The summed E-state index contributed by atoms with van der Waals surface area (Å²) in [5.74, 6) is 0.0541. The van der Waals surface area contributed by atoms with E-state index in [-0.39, 0.29) is 5.91 Å². The molecule has 154 valence electrons. The summed E-state index contributed by atoms with van der Waals surface area (Å²) in [6, 6.07) is 8.06. The van der Waals surface area contributed by atoms with Crippen molar-refractivity contribution in [3.63, 3.8) is 0 Å². The van der Waals surface area contributed by atoms with Crippen LogP contribution in [0.2, 0.25) is 0 Å². The van der Waals surface area contributed by atoms with Gasteiger partial charge in [-0.25, -0.2) is 4.79 Å². The number of aryl methyl sites for hydroxylation is 1. The maximum absolute atomic E-state index is 12.5. The van der Waals surface area contributed by atoms with Gasteiger partial charge in [-0.1, -0.05) is 6.07 Å². The molecule has 0 aliphatic carbocycles. The lowest BCUT2D eigenvalue weighted by molar-refractivity contribution is -0.155. The van der Waals surface area contributed by atoms with Crippen LogP contribution in [0.5, 0.6) is 5.75 Å². The van der Waals surface area contributed by atoms with Crippen molar-refractivity contribution >= 4 is 35.2 Å². The molecule has 2 amide bonds. The fourth-order valence-corrected chi connectivity index (χ4v) is 4.48. The minimum Gasteiger partial charge on any atom is -0.495 e. The molecular weight excluding hydrogens is 396 g/mol. The molecule has 1 aliphatic heterocycles. The van der Waals surface area contributed by atoms with Crippen molar-refractivity contribution < 1.29 is 28.3 Å². The molecule has 1 fully saturated rings. The first-order chi connectivity index (χ1) is 13.9. The molecule has 2 heterocycles. The van der Waals surface area contributed by atoms with Gasteiger partial charge in [0.1, 0.15) is 22.9 Å². The molecule has 1 aromatic carbocycles. The molecule has 0 bridgehead atoms. The number of nitrogens with zero attached hydrogens (tertiary/aromatic N) is 1. The van der Waals surface area contributed by atoms with Crippen LogP contribution in [0.15, 0.2) is 41.0 Å². The SMILES string of the molecule is COc1ccc(C)cc1NC(=O)COC(=O)[C@H]1CS[C@H](c2ccco2)N1C(C)=O. The Labute approximate surface area is 172 Å². The number of amides is 2. The zero-order valence-electron chi connectivity index (χ0n) is 16.3. The van der Waals surface area contributed by atoms with Gasteiger partial charge < -0.3 is 24.1 Å². The number of methoxy groups -OCH3 is 1. The van der Waals surface area contributed by atoms with Crippen LogP contribution >= 0.6 is 11.8 Å². The minimum atomic E-state index is -0.783. The number of carbonyl (C=O) groups excluding carboxylic acids is 3. The topological polar surface area (TPSA) is 98.1 Å². The number of furan rings is 1. The Kier molecular flexibility index (Phi) is 6.48. The lowest BCUT2D eigenvalue weighted by Gasteiger charge is -2.25. The molecule has 2 aromatic rings. The molecule has 1 N–H and O–H groups in total. The molecule has 0 unspecified atom stereocenters. The van der Waals surface area contributed by atoms with Crippen molar-refractivity contribution in [3.8, 4) is 5.75 Å². The first kappa shape index (κ1) is 20.8. The maximum atomic E-state index is 12.5. The van der Waals surface area contributed by atoms with Gasteiger partial charge in [0.05, 0.1) is 19.1 Å². The van der Waals surface area contributed by atoms with Gasteiger partial charge in [0.15, 0.2) is 6.61 Å². The third-order valence-electron chi connectivity index (χ3n) is 4.40. The second-order valence-corrected chi connectivity index (χ2v) is 7.62. The van der Waals surface area contributed by atoms with E-state index in [1.807, 2.05) is 13.0 Å². The second-order valence-electron chi connectivity index (χ2n) is 6.50. The summed E-state index contributed by atoms with van der Waals surface area (Å²) in [6.07, 6.45) is 1.52. The predicted molar refractivity (Wildman–Crippen MR) is 108 cm³/mol. The summed E-state index contributed by atoms with van der Waals surface area (Å²) in [5.41, 5.74) is 1.44. The number of nitrogens with one attached hydrogen (secondary N) is 1. The van der Waals surface area contributed by atoms with E-state index >= 15 is 0 Å². The summed E-state index contributed by atoms with van der Waals surface area (Å²) >= 11 is 1.41. The van der Waals surface area contributed by atoms with Crippen molar-refractivity contribution in [1.82, 2.24) is 4.90 Å². The van der Waals surface area contributed by atoms with E-state index in [2.05, 4.69) is 5.32 Å². The van der Waals surface area contributed by atoms with Gasteiger partial charge in [0.25, 0.3) is 5.91 Å². The molecule has 1 aromatic heterocycles. The van der Waals surface area contributed by atoms with Crippen molar-refractivity contribution in [2.45, 2.75) is 25.3 Å². The minimum absolute atomic E-state index is 0.271. The van der Waals surface area contributed by atoms with Gasteiger partial charge in [0, 0.05) is 12.7 Å². The zero-order valence-corrected chi connectivity index (χ0v) is 17.2. The van der Waals surface area contributed by atoms with Crippen LogP contribution in [-0.2, 0) is 19.1 Å². The third kappa shape index (κ3) is 4.73. The van der Waals surface area contributed by atoms with Gasteiger partial charge in [-0.3, -0.25) is 9.59 Å². The normalized spacial score (nSPS) is 18.4. The molecule has 0 radical (unpaired) electrons. The van der Waals surface area contributed by atoms with Gasteiger partial charge >= 0.3 is 5.97 Å². The van der Waals surface area contributed by atoms with Crippen molar-refractivity contribution in [2.24, 2.45) is 0 Å². The quantitative estimate of drug-likeness (QED) is 0.720. The Hall–Kier alpha value is -2.94. The van der Waals surface area contributed by atoms with E-state index in [1.165, 1.54) is 37.0 Å². The molecule has 1 saturated heterocycles. The number of hydrogen-bond acceptors (Lipinski definition) is 7. The van der Waals surface area contributed by atoms with Gasteiger partial charge in [-0.15, -0.1) is 11.8 Å². The molecule has 9 heteroatoms. The Bertz CT molecular complexity index is 898. The summed E-state index contributed by atoms with van der Waals surface area (Å²) < 4.78 is 15.8. The highest BCUT2D eigenvalue weighted by molar-refractivity contribution is 7.99. The zero-order chi connectivity index (χ0) is 21.0. The van der Waals surface area contributed by atoms with Crippen LogP contribution < -0.4 is 10.1 Å². The van der Waals surface area contributed by atoms with E-state index in [0.717, 1.165) is 5.56 Å². The number of ether oxygens (including phenoxy) is 2. The van der Waals surface area contributed by atoms with E-state index in [0.29, 0.717) is 22.9 Å². The van der Waals surface area contributed by atoms with E-state index < -0.39 is 29.9 Å². The van der Waals surface area contributed by atoms with Gasteiger partial charge in [-0.05, 0) is 36.8 Å². The van der Waals surface area contributed by atoms with Crippen LogP contribution in [0.4, 0.5) is 5.69 Å². The van der Waals surface area contributed by atoms with Crippen molar-refractivity contribution in [1.29, 1.82) is 0 Å². The number of hydrogen-bond donors (Lipinski definition) is 1. The van der Waals surface area contributed by atoms with E-state index in [4.69, 9.17) is 13.9 Å². The molecule has 3 rings (SSSR count). The fourth-order valence-electron chi connectivity index (χ4n) is 3.06. The largest absolute Gasteiger partial charge is 0.495 e. The van der Waals surface area contributed by atoms with E-state index in [9.17, 15) is 14.4 Å². The maximum Gasteiger partial charge on any atom is 0.330 e. The fraction of sp³-hybridized carbons (Fsp3) is 0.350. The lowest BCUT2D eigenvalue weighted by Crippen LogP contribution is -2.43. The first-order valence-corrected chi connectivity index (χ1v) is 10.0. The second kappa shape index (κ2) is 9.04. The first-order valence-electron chi connectivity index (χ1n) is 8.95. The third-order valence-corrected chi connectivity index (χ3v) is 5.68. The van der Waals surface area contributed by atoms with Gasteiger partial charge in [-0.2, -0.15) is 0 Å². The predicted octanol–water partition coefficient (Wildman–Crippen LogP) is 2.74. The van der Waals surface area contributed by atoms with Crippen LogP contribution in [-0.4, -0.2) is 48.2 Å². The van der Waals surface area contributed by atoms with Crippen LogP contribution in [0.3, 0.4) is 0 Å². The Morgan fingerprint density at radius 2 is 2.10 bits per heavy atom. The highest BCUT2D eigenvalue weighted by atomic mass is 32.2. The average molecular weight is 418 g/mol. The summed E-state index contributed by atoms with van der Waals surface area (Å²) in [6.45, 7) is 2.81. The molecule has 29 heavy (non-hydrogen) atoms. The van der Waals surface area contributed by atoms with Gasteiger partial charge in [0.2, 0.25) is 5.91 Å². The molecular formula is C20H22N2O6S. The highest BCUT2D eigenvalue weighted by Gasteiger charge is 2.43. The number of benzene rings is 1. The van der Waals surface area contributed by atoms with E-state index in [1.54, 1.807) is 24.3 Å². The average Bonchev–Trinajstić information content (AvgIpc) is 3.35. The summed E-state index contributed by atoms with van der Waals surface area (Å²) in [4.78, 5) is 38.3. The Balaban J connectivity index is 1.61. The van der Waals surface area contributed by atoms with Crippen molar-refractivity contribution in [2.75, 3.05) is 24.8 Å². The standard InChI is InChI=1S/C20H22N2O6S/c1-12-6-7-16(26-3)14(9-12)21-18(24)10-28-20(25)15-11-29-19(22(15)13(2)23)17-5-4-8-27-17/h4-9,15,19H,10-11H2,1-3H3,(H,21,24)/t15-,19-/m1/s1.